The minimum absolute atomic E-state index is 0.0556. The van der Waals surface area contributed by atoms with Crippen LogP contribution in [0.25, 0.3) is 0 Å². The summed E-state index contributed by atoms with van der Waals surface area (Å²) in [6.07, 6.45) is 1.81. The van der Waals surface area contributed by atoms with Gasteiger partial charge >= 0.3 is 0 Å². The van der Waals surface area contributed by atoms with Crippen molar-refractivity contribution in [2.24, 2.45) is 11.7 Å². The van der Waals surface area contributed by atoms with E-state index in [0.29, 0.717) is 5.92 Å². The monoisotopic (exact) mass is 275 g/mol. The summed E-state index contributed by atoms with van der Waals surface area (Å²) in [5.41, 5.74) is 9.90. The number of hydrogen-bond acceptors (Lipinski definition) is 1. The molecule has 0 saturated carbocycles. The fourth-order valence-corrected chi connectivity index (χ4v) is 3.08. The maximum atomic E-state index is 13.1. The molecule has 19 heavy (non-hydrogen) atoms. The molecular formula is C16H15ClFN. The summed E-state index contributed by atoms with van der Waals surface area (Å²) in [5, 5.41) is 0.182. The molecule has 0 aliphatic heterocycles. The van der Waals surface area contributed by atoms with Gasteiger partial charge in [0.15, 0.2) is 0 Å². The van der Waals surface area contributed by atoms with Crippen LogP contribution in [0.1, 0.15) is 22.7 Å². The van der Waals surface area contributed by atoms with Crippen LogP contribution in [-0.4, -0.2) is 0 Å². The van der Waals surface area contributed by atoms with Crippen LogP contribution in [0.4, 0.5) is 4.39 Å². The lowest BCUT2D eigenvalue weighted by molar-refractivity contribution is 0.464. The van der Waals surface area contributed by atoms with Crippen LogP contribution in [-0.2, 0) is 12.8 Å². The van der Waals surface area contributed by atoms with E-state index in [9.17, 15) is 4.39 Å². The third-order valence-corrected chi connectivity index (χ3v) is 4.18. The molecule has 2 atom stereocenters. The third-order valence-electron chi connectivity index (χ3n) is 3.89. The van der Waals surface area contributed by atoms with Crippen molar-refractivity contribution in [3.05, 3.63) is 70.0 Å². The van der Waals surface area contributed by atoms with Gasteiger partial charge in [0.05, 0.1) is 5.02 Å². The average molecular weight is 276 g/mol. The molecule has 1 aliphatic rings. The van der Waals surface area contributed by atoms with Gasteiger partial charge in [-0.05, 0) is 47.6 Å². The van der Waals surface area contributed by atoms with Crippen molar-refractivity contribution in [1.82, 2.24) is 0 Å². The lowest BCUT2D eigenvalue weighted by Gasteiger charge is -2.16. The zero-order valence-electron chi connectivity index (χ0n) is 10.4. The first kappa shape index (κ1) is 12.6. The van der Waals surface area contributed by atoms with Crippen LogP contribution >= 0.6 is 11.6 Å². The standard InChI is InChI=1S/C16H15ClFN/c17-14-8-10(5-6-15(14)18)7-12-9-11-3-1-2-4-13(11)16(12)19/h1-6,8,12,16H,7,9,19H2. The Morgan fingerprint density at radius 1 is 1.21 bits per heavy atom. The highest BCUT2D eigenvalue weighted by Gasteiger charge is 2.29. The maximum Gasteiger partial charge on any atom is 0.141 e. The second-order valence-corrected chi connectivity index (χ2v) is 5.55. The Morgan fingerprint density at radius 2 is 2.00 bits per heavy atom. The maximum absolute atomic E-state index is 13.1. The Morgan fingerprint density at radius 3 is 2.74 bits per heavy atom. The minimum atomic E-state index is -0.371. The van der Waals surface area contributed by atoms with Gasteiger partial charge in [0.2, 0.25) is 0 Å². The van der Waals surface area contributed by atoms with Crippen LogP contribution < -0.4 is 5.73 Å². The van der Waals surface area contributed by atoms with E-state index in [1.54, 1.807) is 12.1 Å². The van der Waals surface area contributed by atoms with E-state index < -0.39 is 0 Å². The summed E-state index contributed by atoms with van der Waals surface area (Å²) in [5.74, 6) is -0.0108. The van der Waals surface area contributed by atoms with Crippen LogP contribution in [0.15, 0.2) is 42.5 Å². The first-order chi connectivity index (χ1) is 9.15. The molecule has 2 unspecified atom stereocenters. The van der Waals surface area contributed by atoms with Crippen molar-refractivity contribution in [3.8, 4) is 0 Å². The number of rotatable bonds is 2. The average Bonchev–Trinajstić information content (AvgIpc) is 2.72. The number of benzene rings is 2. The molecule has 0 bridgehead atoms. The lowest BCUT2D eigenvalue weighted by Crippen LogP contribution is -2.18. The minimum Gasteiger partial charge on any atom is -0.324 e. The molecule has 2 aromatic carbocycles. The molecule has 0 radical (unpaired) electrons. The van der Waals surface area contributed by atoms with E-state index in [2.05, 4.69) is 12.1 Å². The molecule has 2 aromatic rings. The second-order valence-electron chi connectivity index (χ2n) is 5.14. The smallest absolute Gasteiger partial charge is 0.141 e. The SMILES string of the molecule is NC1c2ccccc2CC1Cc1ccc(F)c(Cl)c1. The number of fused-ring (bicyclic) bond motifs is 1. The molecule has 0 aromatic heterocycles. The zero-order valence-corrected chi connectivity index (χ0v) is 11.2. The largest absolute Gasteiger partial charge is 0.324 e. The van der Waals surface area contributed by atoms with E-state index in [-0.39, 0.29) is 16.9 Å². The highest BCUT2D eigenvalue weighted by molar-refractivity contribution is 6.30. The highest BCUT2D eigenvalue weighted by atomic mass is 35.5. The van der Waals surface area contributed by atoms with Crippen molar-refractivity contribution < 1.29 is 4.39 Å². The topological polar surface area (TPSA) is 26.0 Å². The van der Waals surface area contributed by atoms with Crippen LogP contribution in [0.3, 0.4) is 0 Å². The first-order valence-electron chi connectivity index (χ1n) is 6.42. The molecule has 1 aliphatic carbocycles. The van der Waals surface area contributed by atoms with E-state index in [1.165, 1.54) is 17.2 Å². The van der Waals surface area contributed by atoms with Gasteiger partial charge in [-0.25, -0.2) is 4.39 Å². The van der Waals surface area contributed by atoms with Gasteiger partial charge in [0.1, 0.15) is 5.82 Å². The van der Waals surface area contributed by atoms with Gasteiger partial charge in [-0.1, -0.05) is 41.9 Å². The summed E-state index contributed by atoms with van der Waals surface area (Å²) in [7, 11) is 0. The van der Waals surface area contributed by atoms with Gasteiger partial charge in [0.25, 0.3) is 0 Å². The van der Waals surface area contributed by atoms with Crippen LogP contribution in [0.2, 0.25) is 5.02 Å². The summed E-state index contributed by atoms with van der Waals surface area (Å²) in [6.45, 7) is 0. The zero-order chi connectivity index (χ0) is 13.4. The molecule has 0 spiro atoms. The van der Waals surface area contributed by atoms with Crippen LogP contribution in [0, 0.1) is 11.7 Å². The molecule has 3 heteroatoms. The summed E-state index contributed by atoms with van der Waals surface area (Å²) in [4.78, 5) is 0. The van der Waals surface area contributed by atoms with E-state index >= 15 is 0 Å². The van der Waals surface area contributed by atoms with Crippen molar-refractivity contribution in [1.29, 1.82) is 0 Å². The summed E-state index contributed by atoms with van der Waals surface area (Å²) < 4.78 is 13.1. The van der Waals surface area contributed by atoms with Gasteiger partial charge in [-0.3, -0.25) is 0 Å². The third kappa shape index (κ3) is 2.38. The quantitative estimate of drug-likeness (QED) is 0.884. The normalized spacial score (nSPS) is 21.4. The van der Waals surface area contributed by atoms with Gasteiger partial charge in [0, 0.05) is 6.04 Å². The Bertz CT molecular complexity index is 611. The molecule has 0 fully saturated rings. The molecule has 0 saturated heterocycles. The van der Waals surface area contributed by atoms with Gasteiger partial charge in [-0.2, -0.15) is 0 Å². The Labute approximate surface area is 117 Å². The van der Waals surface area contributed by atoms with Crippen molar-refractivity contribution in [2.75, 3.05) is 0 Å². The van der Waals surface area contributed by atoms with Crippen molar-refractivity contribution >= 4 is 11.6 Å². The predicted octanol–water partition coefficient (Wildman–Crippen LogP) is 3.89. The molecule has 0 amide bonds. The van der Waals surface area contributed by atoms with Gasteiger partial charge < -0.3 is 5.73 Å². The first-order valence-corrected chi connectivity index (χ1v) is 6.80. The second kappa shape index (κ2) is 4.95. The number of halogens is 2. The van der Waals surface area contributed by atoms with Crippen LogP contribution in [0.5, 0.6) is 0 Å². The fraction of sp³-hybridized carbons (Fsp3) is 0.250. The Kier molecular flexibility index (Phi) is 3.29. The Balaban J connectivity index is 1.80. The van der Waals surface area contributed by atoms with Gasteiger partial charge in [-0.15, -0.1) is 0 Å². The molecule has 3 rings (SSSR count). The fourth-order valence-electron chi connectivity index (χ4n) is 2.88. The summed E-state index contributed by atoms with van der Waals surface area (Å²) >= 11 is 5.82. The lowest BCUT2D eigenvalue weighted by atomic mass is 9.93. The Hall–Kier alpha value is -1.38. The van der Waals surface area contributed by atoms with E-state index in [1.807, 2.05) is 12.1 Å². The van der Waals surface area contributed by atoms with Crippen molar-refractivity contribution in [2.45, 2.75) is 18.9 Å². The van der Waals surface area contributed by atoms with E-state index in [0.717, 1.165) is 18.4 Å². The molecule has 98 valence electrons. The van der Waals surface area contributed by atoms with Crippen molar-refractivity contribution in [3.63, 3.8) is 0 Å². The number of hydrogen-bond donors (Lipinski definition) is 1. The molecule has 2 N–H and O–H groups in total. The number of nitrogens with two attached hydrogens (primary N) is 1. The van der Waals surface area contributed by atoms with E-state index in [4.69, 9.17) is 17.3 Å². The summed E-state index contributed by atoms with van der Waals surface area (Å²) in [6, 6.07) is 13.3. The molecule has 1 nitrogen and oxygen atoms in total. The highest BCUT2D eigenvalue weighted by Crippen LogP contribution is 2.36. The molecule has 0 heterocycles. The predicted molar refractivity (Wildman–Crippen MR) is 75.7 cm³/mol. The molecular weight excluding hydrogens is 261 g/mol.